The Morgan fingerprint density at radius 3 is 2.42 bits per heavy atom. The fraction of sp³-hybridized carbons (Fsp3) is 0.818. The van der Waals surface area contributed by atoms with Crippen LogP contribution in [0, 0.1) is 5.41 Å². The summed E-state index contributed by atoms with van der Waals surface area (Å²) in [5, 5.41) is 0. The summed E-state index contributed by atoms with van der Waals surface area (Å²) in [7, 11) is 0. The highest BCUT2D eigenvalue weighted by Gasteiger charge is 2.02. The van der Waals surface area contributed by atoms with Crippen molar-refractivity contribution in [3.63, 3.8) is 0 Å². The molecule has 0 saturated heterocycles. The van der Waals surface area contributed by atoms with E-state index in [0.717, 1.165) is 0 Å². The second kappa shape index (κ2) is 6.59. The van der Waals surface area contributed by atoms with E-state index in [1.807, 2.05) is 11.8 Å². The van der Waals surface area contributed by atoms with Crippen LogP contribution in [0.4, 0.5) is 0 Å². The first-order chi connectivity index (χ1) is 5.56. The van der Waals surface area contributed by atoms with Crippen LogP contribution in [-0.2, 0) is 0 Å². The van der Waals surface area contributed by atoms with Crippen molar-refractivity contribution >= 4 is 11.8 Å². The Bertz CT molecular complexity index is 119. The van der Waals surface area contributed by atoms with Crippen molar-refractivity contribution in [3.05, 3.63) is 12.2 Å². The quantitative estimate of drug-likeness (QED) is 0.460. The minimum atomic E-state index is 0.359. The van der Waals surface area contributed by atoms with Gasteiger partial charge in [-0.2, -0.15) is 11.8 Å². The van der Waals surface area contributed by atoms with Gasteiger partial charge in [0.1, 0.15) is 0 Å². The van der Waals surface area contributed by atoms with E-state index in [0.29, 0.717) is 5.41 Å². The van der Waals surface area contributed by atoms with E-state index in [9.17, 15) is 0 Å². The Kier molecular flexibility index (Phi) is 6.64. The third-order valence-electron chi connectivity index (χ3n) is 1.48. The number of allylic oxidation sites excluding steroid dienone is 2. The van der Waals surface area contributed by atoms with E-state index < -0.39 is 0 Å². The molecule has 0 aromatic rings. The fourth-order valence-corrected chi connectivity index (χ4v) is 1.54. The van der Waals surface area contributed by atoms with Crippen LogP contribution in [0.3, 0.4) is 0 Å². The summed E-state index contributed by atoms with van der Waals surface area (Å²) in [4.78, 5) is 0. The normalized spacial score (nSPS) is 12.7. The van der Waals surface area contributed by atoms with Crippen molar-refractivity contribution in [3.8, 4) is 0 Å². The monoisotopic (exact) mass is 186 g/mol. The van der Waals surface area contributed by atoms with Gasteiger partial charge < -0.3 is 0 Å². The average Bonchev–Trinajstić information content (AvgIpc) is 1.94. The first-order valence-electron chi connectivity index (χ1n) is 4.81. The van der Waals surface area contributed by atoms with Crippen LogP contribution in [0.5, 0.6) is 0 Å². The van der Waals surface area contributed by atoms with E-state index in [1.54, 1.807) is 0 Å². The van der Waals surface area contributed by atoms with E-state index >= 15 is 0 Å². The molecule has 0 fully saturated rings. The number of rotatable bonds is 5. The van der Waals surface area contributed by atoms with Gasteiger partial charge in [-0.3, -0.25) is 0 Å². The topological polar surface area (TPSA) is 0 Å². The molecule has 0 aromatic carbocycles. The van der Waals surface area contributed by atoms with Gasteiger partial charge in [-0.05, 0) is 29.8 Å². The zero-order chi connectivity index (χ0) is 9.45. The number of hydrogen-bond donors (Lipinski definition) is 0. The molecule has 0 aliphatic heterocycles. The summed E-state index contributed by atoms with van der Waals surface area (Å²) in [5.41, 5.74) is 0.359. The molecule has 0 aliphatic carbocycles. The van der Waals surface area contributed by atoms with Gasteiger partial charge in [-0.1, -0.05) is 39.8 Å². The standard InChI is InChI=1S/C11H22S/c1-5-12-10-8-6-7-9-11(2,3)4/h7,9H,5-6,8,10H2,1-4H3/b9-7-. The van der Waals surface area contributed by atoms with Crippen LogP contribution in [0.15, 0.2) is 12.2 Å². The molecule has 0 amide bonds. The third-order valence-corrected chi connectivity index (χ3v) is 2.47. The van der Waals surface area contributed by atoms with Gasteiger partial charge in [0.25, 0.3) is 0 Å². The van der Waals surface area contributed by atoms with Gasteiger partial charge >= 0.3 is 0 Å². The molecule has 12 heavy (non-hydrogen) atoms. The molecular formula is C11H22S. The second-order valence-corrected chi connectivity index (χ2v) is 5.50. The maximum atomic E-state index is 2.32. The van der Waals surface area contributed by atoms with Gasteiger partial charge in [0.15, 0.2) is 0 Å². The highest BCUT2D eigenvalue weighted by Crippen LogP contribution is 2.15. The summed E-state index contributed by atoms with van der Waals surface area (Å²) < 4.78 is 0. The average molecular weight is 186 g/mol. The Morgan fingerprint density at radius 1 is 1.25 bits per heavy atom. The van der Waals surface area contributed by atoms with E-state index in [-0.39, 0.29) is 0 Å². The van der Waals surface area contributed by atoms with E-state index in [1.165, 1.54) is 24.3 Å². The molecule has 0 unspecified atom stereocenters. The van der Waals surface area contributed by atoms with Crippen molar-refractivity contribution in [2.75, 3.05) is 11.5 Å². The Morgan fingerprint density at radius 2 is 1.92 bits per heavy atom. The van der Waals surface area contributed by atoms with Crippen LogP contribution < -0.4 is 0 Å². The van der Waals surface area contributed by atoms with Crippen molar-refractivity contribution in [1.29, 1.82) is 0 Å². The van der Waals surface area contributed by atoms with Crippen LogP contribution in [0.1, 0.15) is 40.5 Å². The zero-order valence-electron chi connectivity index (χ0n) is 8.89. The summed E-state index contributed by atoms with van der Waals surface area (Å²) in [6, 6.07) is 0. The van der Waals surface area contributed by atoms with Crippen molar-refractivity contribution in [2.45, 2.75) is 40.5 Å². The lowest BCUT2D eigenvalue weighted by atomic mass is 9.96. The fourth-order valence-electron chi connectivity index (χ4n) is 0.884. The molecule has 0 spiro atoms. The molecular weight excluding hydrogens is 164 g/mol. The SMILES string of the molecule is CCSCCC/C=C\C(C)(C)C. The first kappa shape index (κ1) is 12.1. The maximum absolute atomic E-state index is 2.32. The second-order valence-electron chi connectivity index (χ2n) is 4.11. The number of thioether (sulfide) groups is 1. The number of unbranched alkanes of at least 4 members (excludes halogenated alkanes) is 1. The minimum Gasteiger partial charge on any atom is -0.162 e. The smallest absolute Gasteiger partial charge is 0.00647 e. The molecule has 0 aromatic heterocycles. The molecule has 0 aliphatic rings. The molecule has 0 bridgehead atoms. The predicted octanol–water partition coefficient (Wildman–Crippen LogP) is 4.12. The van der Waals surface area contributed by atoms with Gasteiger partial charge in [-0.15, -0.1) is 0 Å². The van der Waals surface area contributed by atoms with Crippen molar-refractivity contribution in [1.82, 2.24) is 0 Å². The van der Waals surface area contributed by atoms with Crippen molar-refractivity contribution < 1.29 is 0 Å². The lowest BCUT2D eigenvalue weighted by Gasteiger charge is -2.10. The third kappa shape index (κ3) is 10.1. The molecule has 0 N–H and O–H groups in total. The molecule has 0 rings (SSSR count). The molecule has 0 radical (unpaired) electrons. The van der Waals surface area contributed by atoms with Gasteiger partial charge in [-0.25, -0.2) is 0 Å². The van der Waals surface area contributed by atoms with Gasteiger partial charge in [0.2, 0.25) is 0 Å². The molecule has 0 saturated carbocycles. The van der Waals surface area contributed by atoms with Crippen LogP contribution >= 0.6 is 11.8 Å². The first-order valence-corrected chi connectivity index (χ1v) is 5.97. The van der Waals surface area contributed by atoms with Crippen LogP contribution in [-0.4, -0.2) is 11.5 Å². The lowest BCUT2D eigenvalue weighted by Crippen LogP contribution is -1.98. The summed E-state index contributed by atoms with van der Waals surface area (Å²) in [5.74, 6) is 2.56. The van der Waals surface area contributed by atoms with Crippen LogP contribution in [0.25, 0.3) is 0 Å². The Hall–Kier alpha value is 0.0900. The number of hydrogen-bond acceptors (Lipinski definition) is 1. The van der Waals surface area contributed by atoms with E-state index in [4.69, 9.17) is 0 Å². The molecule has 72 valence electrons. The largest absolute Gasteiger partial charge is 0.162 e. The zero-order valence-corrected chi connectivity index (χ0v) is 9.71. The molecule has 0 nitrogen and oxygen atoms in total. The minimum absolute atomic E-state index is 0.359. The molecule has 0 heterocycles. The van der Waals surface area contributed by atoms with Gasteiger partial charge in [0, 0.05) is 0 Å². The summed E-state index contributed by atoms with van der Waals surface area (Å²) in [6.07, 6.45) is 7.19. The predicted molar refractivity (Wildman–Crippen MR) is 60.8 cm³/mol. The maximum Gasteiger partial charge on any atom is -0.00647 e. The highest BCUT2D eigenvalue weighted by molar-refractivity contribution is 7.99. The van der Waals surface area contributed by atoms with Gasteiger partial charge in [0.05, 0.1) is 0 Å². The summed E-state index contributed by atoms with van der Waals surface area (Å²) >= 11 is 2.03. The Balaban J connectivity index is 3.25. The van der Waals surface area contributed by atoms with Crippen LogP contribution in [0.2, 0.25) is 0 Å². The van der Waals surface area contributed by atoms with E-state index in [2.05, 4.69) is 39.8 Å². The molecule has 0 atom stereocenters. The highest BCUT2D eigenvalue weighted by atomic mass is 32.2. The lowest BCUT2D eigenvalue weighted by molar-refractivity contribution is 0.542. The Labute approximate surface area is 81.8 Å². The molecule has 1 heteroatoms. The van der Waals surface area contributed by atoms with Crippen molar-refractivity contribution in [2.24, 2.45) is 5.41 Å². The summed E-state index contributed by atoms with van der Waals surface area (Å²) in [6.45, 7) is 8.94.